The lowest BCUT2D eigenvalue weighted by Gasteiger charge is -2.02. The van der Waals surface area contributed by atoms with Crippen molar-refractivity contribution in [2.45, 2.75) is 20.8 Å². The van der Waals surface area contributed by atoms with Gasteiger partial charge >= 0.3 is 0 Å². The van der Waals surface area contributed by atoms with Crippen LogP contribution in [0.3, 0.4) is 0 Å². The summed E-state index contributed by atoms with van der Waals surface area (Å²) in [6.45, 7) is 5.55. The molecule has 2 rings (SSSR count). The molecule has 2 heteroatoms. The highest BCUT2D eigenvalue weighted by Crippen LogP contribution is 2.22. The van der Waals surface area contributed by atoms with E-state index in [1.807, 2.05) is 50.2 Å². The van der Waals surface area contributed by atoms with Crippen LogP contribution in [0.4, 0.5) is 0 Å². The van der Waals surface area contributed by atoms with Gasteiger partial charge in [0, 0.05) is 5.56 Å². The molecule has 0 fully saturated rings. The molecule has 0 heterocycles. The van der Waals surface area contributed by atoms with E-state index in [2.05, 4.69) is 0 Å². The highest BCUT2D eigenvalue weighted by molar-refractivity contribution is 5.94. The Morgan fingerprint density at radius 3 is 1.61 bits per heavy atom. The lowest BCUT2D eigenvalue weighted by molar-refractivity contribution is 0.101. The fourth-order valence-electron chi connectivity index (χ4n) is 1.55. The van der Waals surface area contributed by atoms with Crippen molar-refractivity contribution in [3.05, 3.63) is 54.1 Å². The van der Waals surface area contributed by atoms with Crippen LogP contribution in [0.25, 0.3) is 11.1 Å². The van der Waals surface area contributed by atoms with Crippen LogP contribution >= 0.6 is 0 Å². The van der Waals surface area contributed by atoms with Crippen LogP contribution in [-0.4, -0.2) is 10.9 Å². The zero-order valence-corrected chi connectivity index (χ0v) is 11.0. The molecule has 0 atom stereocenters. The summed E-state index contributed by atoms with van der Waals surface area (Å²) in [7, 11) is 0. The van der Waals surface area contributed by atoms with Crippen molar-refractivity contribution in [3.63, 3.8) is 0 Å². The molecule has 0 saturated carbocycles. The zero-order chi connectivity index (χ0) is 13.5. The second kappa shape index (κ2) is 6.60. The first kappa shape index (κ1) is 14.0. The summed E-state index contributed by atoms with van der Waals surface area (Å²) >= 11 is 0. The fourth-order valence-corrected chi connectivity index (χ4v) is 1.55. The number of rotatable bonds is 2. The number of phenols is 1. The van der Waals surface area contributed by atoms with Gasteiger partial charge < -0.3 is 5.11 Å². The summed E-state index contributed by atoms with van der Waals surface area (Å²) in [5, 5.41) is 9.18. The lowest BCUT2D eigenvalue weighted by Crippen LogP contribution is -1.90. The first-order chi connectivity index (χ1) is 8.66. The summed E-state index contributed by atoms with van der Waals surface area (Å²) in [5.41, 5.74) is 2.76. The Balaban J connectivity index is 0.000000771. The second-order valence-corrected chi connectivity index (χ2v) is 3.68. The maximum atomic E-state index is 11.1. The number of ketones is 1. The molecular weight excluding hydrogens is 224 g/mol. The topological polar surface area (TPSA) is 37.3 Å². The van der Waals surface area contributed by atoms with Crippen molar-refractivity contribution in [1.29, 1.82) is 0 Å². The van der Waals surface area contributed by atoms with Crippen LogP contribution < -0.4 is 0 Å². The van der Waals surface area contributed by atoms with Gasteiger partial charge in [0.05, 0.1) is 0 Å². The van der Waals surface area contributed by atoms with Gasteiger partial charge in [-0.15, -0.1) is 0 Å². The Kier molecular flexibility index (Phi) is 5.12. The minimum Gasteiger partial charge on any atom is -0.508 e. The summed E-state index contributed by atoms with van der Waals surface area (Å²) in [5.74, 6) is 0.321. The van der Waals surface area contributed by atoms with Crippen LogP contribution in [0.2, 0.25) is 0 Å². The van der Waals surface area contributed by atoms with Gasteiger partial charge in [-0.3, -0.25) is 4.79 Å². The summed E-state index contributed by atoms with van der Waals surface area (Å²) in [4.78, 5) is 11.1. The molecule has 18 heavy (non-hydrogen) atoms. The van der Waals surface area contributed by atoms with Crippen LogP contribution in [0.5, 0.6) is 5.75 Å². The average molecular weight is 242 g/mol. The maximum absolute atomic E-state index is 11.1. The number of carbonyl (C=O) groups is 1. The molecule has 2 nitrogen and oxygen atoms in total. The number of aromatic hydroxyl groups is 1. The Morgan fingerprint density at radius 1 is 0.833 bits per heavy atom. The van der Waals surface area contributed by atoms with E-state index in [0.29, 0.717) is 5.56 Å². The summed E-state index contributed by atoms with van der Waals surface area (Å²) in [6.07, 6.45) is 0. The molecule has 1 N–H and O–H groups in total. The van der Waals surface area contributed by atoms with Crippen molar-refractivity contribution in [3.8, 4) is 16.9 Å². The monoisotopic (exact) mass is 242 g/mol. The Bertz CT molecular complexity index is 496. The van der Waals surface area contributed by atoms with Crippen LogP contribution in [-0.2, 0) is 0 Å². The third-order valence-electron chi connectivity index (χ3n) is 2.49. The molecule has 0 aliphatic carbocycles. The van der Waals surface area contributed by atoms with Gasteiger partial charge in [0.2, 0.25) is 0 Å². The predicted molar refractivity (Wildman–Crippen MR) is 74.9 cm³/mol. The second-order valence-electron chi connectivity index (χ2n) is 3.68. The minimum atomic E-state index is 0.0669. The van der Waals surface area contributed by atoms with Gasteiger partial charge in [-0.2, -0.15) is 0 Å². The quantitative estimate of drug-likeness (QED) is 0.798. The third-order valence-corrected chi connectivity index (χ3v) is 2.49. The molecule has 2 aromatic rings. The first-order valence-electron chi connectivity index (χ1n) is 6.07. The fraction of sp³-hybridized carbons (Fsp3) is 0.188. The molecule has 0 radical (unpaired) electrons. The molecular formula is C16H18O2. The molecule has 0 unspecified atom stereocenters. The van der Waals surface area contributed by atoms with Crippen LogP contribution in [0.1, 0.15) is 31.1 Å². The van der Waals surface area contributed by atoms with Gasteiger partial charge in [-0.25, -0.2) is 0 Å². The largest absolute Gasteiger partial charge is 0.508 e. The maximum Gasteiger partial charge on any atom is 0.159 e. The van der Waals surface area contributed by atoms with Crippen LogP contribution in [0, 0.1) is 0 Å². The van der Waals surface area contributed by atoms with E-state index >= 15 is 0 Å². The van der Waals surface area contributed by atoms with Gasteiger partial charge in [0.1, 0.15) is 5.75 Å². The molecule has 2 aromatic carbocycles. The number of Topliss-reactive ketones (excluding diaryl/α,β-unsaturated/α-hetero) is 1. The van der Waals surface area contributed by atoms with E-state index in [4.69, 9.17) is 0 Å². The van der Waals surface area contributed by atoms with E-state index in [1.54, 1.807) is 19.1 Å². The van der Waals surface area contributed by atoms with Crippen molar-refractivity contribution < 1.29 is 9.90 Å². The van der Waals surface area contributed by atoms with Crippen molar-refractivity contribution in [1.82, 2.24) is 0 Å². The summed E-state index contributed by atoms with van der Waals surface area (Å²) < 4.78 is 0. The molecule has 0 aliphatic heterocycles. The number of benzene rings is 2. The predicted octanol–water partition coefficient (Wildman–Crippen LogP) is 4.29. The standard InChI is InChI=1S/C14H12O2.C2H6/c1-10(15)11-2-4-12(5-3-11)13-6-8-14(16)9-7-13;1-2/h2-9,16H,1H3;1-2H3. The average Bonchev–Trinajstić information content (AvgIpc) is 2.42. The molecule has 0 saturated heterocycles. The van der Waals surface area contributed by atoms with E-state index in [0.717, 1.165) is 11.1 Å². The van der Waals surface area contributed by atoms with Gasteiger partial charge in [-0.1, -0.05) is 50.2 Å². The van der Waals surface area contributed by atoms with Gasteiger partial charge in [0.25, 0.3) is 0 Å². The Hall–Kier alpha value is -2.09. The van der Waals surface area contributed by atoms with E-state index in [-0.39, 0.29) is 11.5 Å². The highest BCUT2D eigenvalue weighted by atomic mass is 16.3. The molecule has 0 aromatic heterocycles. The normalized spacial score (nSPS) is 9.28. The van der Waals surface area contributed by atoms with E-state index in [1.165, 1.54) is 0 Å². The van der Waals surface area contributed by atoms with E-state index in [9.17, 15) is 9.90 Å². The molecule has 94 valence electrons. The zero-order valence-electron chi connectivity index (χ0n) is 11.0. The van der Waals surface area contributed by atoms with Crippen molar-refractivity contribution in [2.75, 3.05) is 0 Å². The number of hydrogen-bond acceptors (Lipinski definition) is 2. The summed E-state index contributed by atoms with van der Waals surface area (Å²) in [6, 6.07) is 14.4. The minimum absolute atomic E-state index is 0.0669. The van der Waals surface area contributed by atoms with Gasteiger partial charge in [0.15, 0.2) is 5.78 Å². The smallest absolute Gasteiger partial charge is 0.159 e. The molecule has 0 aliphatic rings. The third kappa shape index (κ3) is 3.45. The SMILES string of the molecule is CC.CC(=O)c1ccc(-c2ccc(O)cc2)cc1. The molecule has 0 bridgehead atoms. The van der Waals surface area contributed by atoms with Crippen molar-refractivity contribution >= 4 is 5.78 Å². The van der Waals surface area contributed by atoms with E-state index < -0.39 is 0 Å². The highest BCUT2D eigenvalue weighted by Gasteiger charge is 2.00. The van der Waals surface area contributed by atoms with Crippen molar-refractivity contribution in [2.24, 2.45) is 0 Å². The van der Waals surface area contributed by atoms with Crippen LogP contribution in [0.15, 0.2) is 48.5 Å². The number of hydrogen-bond donors (Lipinski definition) is 1. The number of carbonyl (C=O) groups excluding carboxylic acids is 1. The molecule has 0 amide bonds. The molecule has 0 spiro atoms. The van der Waals surface area contributed by atoms with Gasteiger partial charge in [-0.05, 0) is 30.2 Å². The first-order valence-corrected chi connectivity index (χ1v) is 6.07. The Labute approximate surface area is 108 Å². The Morgan fingerprint density at radius 2 is 1.22 bits per heavy atom. The number of phenolic OH excluding ortho intramolecular Hbond substituents is 1. The lowest BCUT2D eigenvalue weighted by atomic mass is 10.0.